The first-order valence-electron chi connectivity index (χ1n) is 9.49. The maximum absolute atomic E-state index is 12.6. The molecule has 0 radical (unpaired) electrons. The Bertz CT molecular complexity index is 1280. The Morgan fingerprint density at radius 2 is 1.61 bits per heavy atom. The number of halogens is 1. The van der Waals surface area contributed by atoms with Gasteiger partial charge in [-0.15, -0.1) is 0 Å². The number of fused-ring (bicyclic) bond motifs is 1. The van der Waals surface area contributed by atoms with Crippen LogP contribution in [-0.2, 0) is 0 Å². The predicted molar refractivity (Wildman–Crippen MR) is 122 cm³/mol. The lowest BCUT2D eigenvalue weighted by atomic mass is 10.0. The Morgan fingerprint density at radius 3 is 2.42 bits per heavy atom. The van der Waals surface area contributed by atoms with Gasteiger partial charge in [0.05, 0.1) is 11.8 Å². The molecule has 0 bridgehead atoms. The quantitative estimate of drug-likeness (QED) is 0.198. The second kappa shape index (κ2) is 9.24. The number of hydrazone groups is 1. The third-order valence-electron chi connectivity index (χ3n) is 4.57. The van der Waals surface area contributed by atoms with Crippen LogP contribution in [0.3, 0.4) is 0 Å². The summed E-state index contributed by atoms with van der Waals surface area (Å²) in [7, 11) is 0. The number of nitrogens with one attached hydrogen (secondary N) is 1. The minimum absolute atomic E-state index is 0.362. The Hall–Kier alpha value is -3.96. The maximum atomic E-state index is 12.6. The van der Waals surface area contributed by atoms with Gasteiger partial charge < -0.3 is 4.74 Å². The highest BCUT2D eigenvalue weighted by Gasteiger charge is 2.12. The molecule has 152 valence electrons. The summed E-state index contributed by atoms with van der Waals surface area (Å²) in [4.78, 5) is 24.7. The first kappa shape index (κ1) is 20.3. The molecule has 0 fully saturated rings. The zero-order valence-corrected chi connectivity index (χ0v) is 17.0. The Morgan fingerprint density at radius 1 is 0.871 bits per heavy atom. The van der Waals surface area contributed by atoms with E-state index < -0.39 is 5.97 Å². The highest BCUT2D eigenvalue weighted by atomic mass is 35.5. The lowest BCUT2D eigenvalue weighted by Crippen LogP contribution is -2.17. The van der Waals surface area contributed by atoms with Crippen molar-refractivity contribution < 1.29 is 14.3 Å². The van der Waals surface area contributed by atoms with Gasteiger partial charge in [0.25, 0.3) is 5.91 Å². The lowest BCUT2D eigenvalue weighted by molar-refractivity contribution is 0.0736. The van der Waals surface area contributed by atoms with Crippen LogP contribution in [0.4, 0.5) is 0 Å². The molecule has 31 heavy (non-hydrogen) atoms. The summed E-state index contributed by atoms with van der Waals surface area (Å²) in [5.74, 6) is -0.371. The van der Waals surface area contributed by atoms with Crippen LogP contribution in [0.5, 0.6) is 5.75 Å². The van der Waals surface area contributed by atoms with Crippen molar-refractivity contribution in [3.05, 3.63) is 113 Å². The average molecular weight is 429 g/mol. The molecule has 0 spiro atoms. The van der Waals surface area contributed by atoms with Crippen molar-refractivity contribution in [1.29, 1.82) is 0 Å². The van der Waals surface area contributed by atoms with Crippen LogP contribution >= 0.6 is 11.6 Å². The fourth-order valence-corrected chi connectivity index (χ4v) is 3.24. The van der Waals surface area contributed by atoms with Crippen molar-refractivity contribution in [2.24, 2.45) is 5.10 Å². The van der Waals surface area contributed by atoms with Crippen LogP contribution in [0.2, 0.25) is 5.02 Å². The third kappa shape index (κ3) is 4.97. The number of carbonyl (C=O) groups excluding carboxylic acids is 2. The van der Waals surface area contributed by atoms with E-state index in [9.17, 15) is 9.59 Å². The third-order valence-corrected chi connectivity index (χ3v) is 4.80. The molecule has 0 heterocycles. The molecule has 0 aliphatic rings. The second-order valence-electron chi connectivity index (χ2n) is 6.69. The molecule has 0 unspecified atom stereocenters. The smallest absolute Gasteiger partial charge is 0.344 e. The van der Waals surface area contributed by atoms with Crippen LogP contribution in [0, 0.1) is 0 Å². The van der Waals surface area contributed by atoms with Crippen molar-refractivity contribution in [1.82, 2.24) is 5.43 Å². The molecular weight excluding hydrogens is 412 g/mol. The number of nitrogens with zero attached hydrogens (tertiary/aromatic N) is 1. The minimum atomic E-state index is -0.424. The highest BCUT2D eigenvalue weighted by Crippen LogP contribution is 2.21. The van der Waals surface area contributed by atoms with E-state index in [0.29, 0.717) is 21.9 Å². The second-order valence-corrected chi connectivity index (χ2v) is 7.13. The summed E-state index contributed by atoms with van der Waals surface area (Å²) in [6.45, 7) is 0. The summed E-state index contributed by atoms with van der Waals surface area (Å²) in [5, 5.41) is 6.24. The standard InChI is InChI=1S/C25H17ClN2O3/c26-20-8-3-7-19(15-20)24(29)28-27-16-17-11-13-21(14-12-17)31-25(30)23-10-4-6-18-5-1-2-9-22(18)23/h1-16H,(H,28,29). The van der Waals surface area contributed by atoms with E-state index in [0.717, 1.165) is 16.3 Å². The molecule has 0 aliphatic carbocycles. The van der Waals surface area contributed by atoms with Crippen molar-refractivity contribution in [2.45, 2.75) is 0 Å². The summed E-state index contributed by atoms with van der Waals surface area (Å²) < 4.78 is 5.51. The Balaban J connectivity index is 1.39. The van der Waals surface area contributed by atoms with E-state index in [-0.39, 0.29) is 5.91 Å². The number of hydrogen-bond acceptors (Lipinski definition) is 4. The first-order chi connectivity index (χ1) is 15.1. The van der Waals surface area contributed by atoms with E-state index in [4.69, 9.17) is 16.3 Å². The monoisotopic (exact) mass is 428 g/mol. The number of benzene rings is 4. The average Bonchev–Trinajstić information content (AvgIpc) is 2.79. The van der Waals surface area contributed by atoms with Crippen LogP contribution in [-0.4, -0.2) is 18.1 Å². The van der Waals surface area contributed by atoms with Gasteiger partial charge in [0.2, 0.25) is 0 Å². The van der Waals surface area contributed by atoms with Crippen LogP contribution < -0.4 is 10.2 Å². The normalized spacial score (nSPS) is 10.9. The fraction of sp³-hybridized carbons (Fsp3) is 0. The first-order valence-corrected chi connectivity index (χ1v) is 9.87. The van der Waals surface area contributed by atoms with E-state index in [1.54, 1.807) is 54.6 Å². The van der Waals surface area contributed by atoms with Gasteiger partial charge in [0.1, 0.15) is 5.75 Å². The van der Waals surface area contributed by atoms with E-state index in [1.807, 2.05) is 36.4 Å². The molecule has 5 nitrogen and oxygen atoms in total. The van der Waals surface area contributed by atoms with Crippen molar-refractivity contribution in [3.8, 4) is 5.75 Å². The number of hydrogen-bond donors (Lipinski definition) is 1. The summed E-state index contributed by atoms with van der Waals surface area (Å²) >= 11 is 5.88. The number of ether oxygens (including phenoxy) is 1. The van der Waals surface area contributed by atoms with Gasteiger partial charge in [0.15, 0.2) is 0 Å². The van der Waals surface area contributed by atoms with Gasteiger partial charge in [0, 0.05) is 10.6 Å². The maximum Gasteiger partial charge on any atom is 0.344 e. The molecule has 4 rings (SSSR count). The molecule has 0 saturated carbocycles. The molecule has 1 amide bonds. The molecule has 4 aromatic rings. The molecule has 6 heteroatoms. The van der Waals surface area contributed by atoms with Crippen molar-refractivity contribution in [2.75, 3.05) is 0 Å². The zero-order valence-electron chi connectivity index (χ0n) is 16.3. The number of rotatable bonds is 5. The highest BCUT2D eigenvalue weighted by molar-refractivity contribution is 6.31. The summed E-state index contributed by atoms with van der Waals surface area (Å²) in [6.07, 6.45) is 1.50. The zero-order chi connectivity index (χ0) is 21.6. The molecule has 4 aromatic carbocycles. The van der Waals surface area contributed by atoms with Gasteiger partial charge in [-0.3, -0.25) is 4.79 Å². The lowest BCUT2D eigenvalue weighted by Gasteiger charge is -2.07. The van der Waals surface area contributed by atoms with Gasteiger partial charge in [-0.05, 0) is 64.9 Å². The summed E-state index contributed by atoms with van der Waals surface area (Å²) in [5.41, 5.74) is 4.10. The van der Waals surface area contributed by atoms with Gasteiger partial charge >= 0.3 is 5.97 Å². The van der Waals surface area contributed by atoms with Crippen LogP contribution in [0.25, 0.3) is 10.8 Å². The van der Waals surface area contributed by atoms with Gasteiger partial charge in [-0.1, -0.05) is 54.1 Å². The molecule has 0 atom stereocenters. The number of carbonyl (C=O) groups is 2. The van der Waals surface area contributed by atoms with E-state index in [1.165, 1.54) is 6.21 Å². The number of amides is 1. The SMILES string of the molecule is O=C(NN=Cc1ccc(OC(=O)c2cccc3ccccc23)cc1)c1cccc(Cl)c1. The summed E-state index contributed by atoms with van der Waals surface area (Å²) in [6, 6.07) is 26.6. The van der Waals surface area contributed by atoms with E-state index >= 15 is 0 Å². The molecule has 1 N–H and O–H groups in total. The van der Waals surface area contributed by atoms with Crippen molar-refractivity contribution in [3.63, 3.8) is 0 Å². The topological polar surface area (TPSA) is 67.8 Å². The van der Waals surface area contributed by atoms with Gasteiger partial charge in [-0.2, -0.15) is 5.10 Å². The van der Waals surface area contributed by atoms with E-state index in [2.05, 4.69) is 10.5 Å². The van der Waals surface area contributed by atoms with Crippen molar-refractivity contribution >= 4 is 40.5 Å². The fourth-order valence-electron chi connectivity index (χ4n) is 3.05. The predicted octanol–water partition coefficient (Wildman–Crippen LogP) is 5.48. The molecule has 0 saturated heterocycles. The largest absolute Gasteiger partial charge is 0.423 e. The van der Waals surface area contributed by atoms with Gasteiger partial charge in [-0.25, -0.2) is 10.2 Å². The molecule has 0 aromatic heterocycles. The Labute approximate surface area is 183 Å². The molecular formula is C25H17ClN2O3. The van der Waals surface area contributed by atoms with Crippen LogP contribution in [0.15, 0.2) is 96.1 Å². The molecule has 0 aliphatic heterocycles. The van der Waals surface area contributed by atoms with Crippen LogP contribution in [0.1, 0.15) is 26.3 Å². The minimum Gasteiger partial charge on any atom is -0.423 e. The Kier molecular flexibility index (Phi) is 6.05. The number of esters is 1.